The minimum Gasteiger partial charge on any atom is -0.483 e. The predicted molar refractivity (Wildman–Crippen MR) is 84.4 cm³/mol. The van der Waals surface area contributed by atoms with E-state index in [1.807, 2.05) is 56.3 Å². The largest absolute Gasteiger partial charge is 0.483 e. The molecule has 0 saturated carbocycles. The molecule has 3 N–H and O–H groups in total. The lowest BCUT2D eigenvalue weighted by Gasteiger charge is -2.11. The lowest BCUT2D eigenvalue weighted by atomic mass is 10.1. The van der Waals surface area contributed by atoms with Crippen LogP contribution in [-0.2, 0) is 11.3 Å². The highest BCUT2D eigenvalue weighted by Gasteiger charge is 2.06. The van der Waals surface area contributed by atoms with E-state index in [4.69, 9.17) is 10.5 Å². The second kappa shape index (κ2) is 6.90. The first-order valence-corrected chi connectivity index (χ1v) is 6.88. The minimum absolute atomic E-state index is 0.0378. The number of hydrogen-bond donors (Lipinski definition) is 2. The summed E-state index contributed by atoms with van der Waals surface area (Å²) in [6.45, 7) is 4.39. The van der Waals surface area contributed by atoms with Crippen molar-refractivity contribution in [3.63, 3.8) is 0 Å². The molecule has 0 aliphatic heterocycles. The Labute approximate surface area is 124 Å². The first-order valence-electron chi connectivity index (χ1n) is 6.88. The number of anilines is 1. The molecule has 0 heterocycles. The van der Waals surface area contributed by atoms with E-state index in [2.05, 4.69) is 5.32 Å². The van der Waals surface area contributed by atoms with Gasteiger partial charge in [0, 0.05) is 17.8 Å². The van der Waals surface area contributed by atoms with Crippen LogP contribution in [0.5, 0.6) is 5.75 Å². The van der Waals surface area contributed by atoms with Crippen molar-refractivity contribution in [1.82, 2.24) is 0 Å². The van der Waals surface area contributed by atoms with Crippen molar-refractivity contribution < 1.29 is 9.53 Å². The Hall–Kier alpha value is -2.33. The van der Waals surface area contributed by atoms with Crippen LogP contribution in [0.1, 0.15) is 16.7 Å². The molecule has 0 saturated heterocycles. The molecule has 0 bridgehead atoms. The van der Waals surface area contributed by atoms with E-state index < -0.39 is 0 Å². The monoisotopic (exact) mass is 284 g/mol. The van der Waals surface area contributed by atoms with E-state index in [0.717, 1.165) is 16.8 Å². The first-order chi connectivity index (χ1) is 10.1. The number of aryl methyl sites for hydroxylation is 2. The van der Waals surface area contributed by atoms with Crippen molar-refractivity contribution in [1.29, 1.82) is 0 Å². The lowest BCUT2D eigenvalue weighted by Crippen LogP contribution is -2.20. The summed E-state index contributed by atoms with van der Waals surface area (Å²) in [5, 5.41) is 2.82. The summed E-state index contributed by atoms with van der Waals surface area (Å²) >= 11 is 0. The number of nitrogens with one attached hydrogen (secondary N) is 1. The third-order valence-corrected chi connectivity index (χ3v) is 3.34. The van der Waals surface area contributed by atoms with Gasteiger partial charge in [0.05, 0.1) is 0 Å². The quantitative estimate of drug-likeness (QED) is 0.887. The zero-order valence-electron chi connectivity index (χ0n) is 12.3. The SMILES string of the molecule is Cc1ccc(NC(=O)COc2ccccc2CN)cc1C. The van der Waals surface area contributed by atoms with Gasteiger partial charge in [-0.1, -0.05) is 24.3 Å². The number of amides is 1. The van der Waals surface area contributed by atoms with Crippen LogP contribution in [0.2, 0.25) is 0 Å². The molecule has 2 aromatic carbocycles. The fourth-order valence-corrected chi connectivity index (χ4v) is 1.97. The third-order valence-electron chi connectivity index (χ3n) is 3.34. The molecule has 2 aromatic rings. The maximum absolute atomic E-state index is 11.9. The lowest BCUT2D eigenvalue weighted by molar-refractivity contribution is -0.118. The molecule has 0 atom stereocenters. The van der Waals surface area contributed by atoms with E-state index in [1.54, 1.807) is 0 Å². The Balaban J connectivity index is 1.94. The highest BCUT2D eigenvalue weighted by atomic mass is 16.5. The van der Waals surface area contributed by atoms with Crippen LogP contribution in [0.4, 0.5) is 5.69 Å². The molecule has 0 fully saturated rings. The molecule has 4 nitrogen and oxygen atoms in total. The van der Waals surface area contributed by atoms with Crippen LogP contribution in [0.3, 0.4) is 0 Å². The maximum atomic E-state index is 11.9. The summed E-state index contributed by atoms with van der Waals surface area (Å²) < 4.78 is 5.52. The van der Waals surface area contributed by atoms with Crippen LogP contribution in [0.15, 0.2) is 42.5 Å². The van der Waals surface area contributed by atoms with Gasteiger partial charge < -0.3 is 15.8 Å². The van der Waals surface area contributed by atoms with Crippen molar-refractivity contribution in [2.45, 2.75) is 20.4 Å². The van der Waals surface area contributed by atoms with Gasteiger partial charge in [-0.05, 0) is 43.2 Å². The van der Waals surface area contributed by atoms with Crippen molar-refractivity contribution in [2.24, 2.45) is 5.73 Å². The number of benzene rings is 2. The molecule has 0 aliphatic rings. The van der Waals surface area contributed by atoms with Gasteiger partial charge in [-0.3, -0.25) is 4.79 Å². The summed E-state index contributed by atoms with van der Waals surface area (Å²) in [5.74, 6) is 0.459. The molecule has 0 aromatic heterocycles. The zero-order valence-corrected chi connectivity index (χ0v) is 12.3. The molecule has 0 spiro atoms. The number of para-hydroxylation sites is 1. The van der Waals surface area contributed by atoms with Crippen LogP contribution >= 0.6 is 0 Å². The van der Waals surface area contributed by atoms with Crippen molar-refractivity contribution in [2.75, 3.05) is 11.9 Å². The van der Waals surface area contributed by atoms with E-state index >= 15 is 0 Å². The zero-order chi connectivity index (χ0) is 15.2. The van der Waals surface area contributed by atoms with Crippen LogP contribution in [-0.4, -0.2) is 12.5 Å². The minimum atomic E-state index is -0.190. The first kappa shape index (κ1) is 15.1. The van der Waals surface area contributed by atoms with Gasteiger partial charge in [0.15, 0.2) is 6.61 Å². The summed E-state index contributed by atoms with van der Waals surface area (Å²) in [4.78, 5) is 11.9. The number of hydrogen-bond acceptors (Lipinski definition) is 3. The van der Waals surface area contributed by atoms with Gasteiger partial charge in [-0.2, -0.15) is 0 Å². The van der Waals surface area contributed by atoms with Gasteiger partial charge in [0.1, 0.15) is 5.75 Å². The molecule has 0 radical (unpaired) electrons. The Morgan fingerprint density at radius 1 is 1.14 bits per heavy atom. The molecule has 0 aliphatic carbocycles. The summed E-state index contributed by atoms with van der Waals surface area (Å²) in [6.07, 6.45) is 0. The Bertz CT molecular complexity index is 638. The van der Waals surface area contributed by atoms with Crippen molar-refractivity contribution in [3.05, 3.63) is 59.2 Å². The van der Waals surface area contributed by atoms with Crippen LogP contribution in [0.25, 0.3) is 0 Å². The number of carbonyl (C=O) groups is 1. The average molecular weight is 284 g/mol. The Morgan fingerprint density at radius 3 is 2.62 bits per heavy atom. The highest BCUT2D eigenvalue weighted by molar-refractivity contribution is 5.92. The Kier molecular flexibility index (Phi) is 4.95. The summed E-state index contributed by atoms with van der Waals surface area (Å²) in [6, 6.07) is 13.3. The number of ether oxygens (including phenoxy) is 1. The molecule has 110 valence electrons. The maximum Gasteiger partial charge on any atom is 0.262 e. The van der Waals surface area contributed by atoms with Gasteiger partial charge in [0.25, 0.3) is 5.91 Å². The third kappa shape index (κ3) is 4.07. The van der Waals surface area contributed by atoms with E-state index in [9.17, 15) is 4.79 Å². The second-order valence-corrected chi connectivity index (χ2v) is 4.95. The van der Waals surface area contributed by atoms with Crippen molar-refractivity contribution in [3.8, 4) is 5.75 Å². The number of carbonyl (C=O) groups excluding carboxylic acids is 1. The summed E-state index contributed by atoms with van der Waals surface area (Å²) in [5.41, 5.74) is 9.63. The Morgan fingerprint density at radius 2 is 1.90 bits per heavy atom. The second-order valence-electron chi connectivity index (χ2n) is 4.95. The number of rotatable bonds is 5. The van der Waals surface area contributed by atoms with E-state index in [-0.39, 0.29) is 12.5 Å². The molecule has 4 heteroatoms. The molecular formula is C17H20N2O2. The molecule has 1 amide bonds. The van der Waals surface area contributed by atoms with Crippen LogP contribution in [0, 0.1) is 13.8 Å². The van der Waals surface area contributed by atoms with Gasteiger partial charge in [-0.25, -0.2) is 0 Å². The summed E-state index contributed by atoms with van der Waals surface area (Å²) in [7, 11) is 0. The van der Waals surface area contributed by atoms with Gasteiger partial charge >= 0.3 is 0 Å². The molecule has 21 heavy (non-hydrogen) atoms. The topological polar surface area (TPSA) is 64.3 Å². The van der Waals surface area contributed by atoms with Crippen LogP contribution < -0.4 is 15.8 Å². The van der Waals surface area contributed by atoms with Gasteiger partial charge in [0.2, 0.25) is 0 Å². The normalized spacial score (nSPS) is 10.2. The highest BCUT2D eigenvalue weighted by Crippen LogP contribution is 2.17. The smallest absolute Gasteiger partial charge is 0.262 e. The molecule has 0 unspecified atom stereocenters. The molecular weight excluding hydrogens is 264 g/mol. The number of nitrogens with two attached hydrogens (primary N) is 1. The van der Waals surface area contributed by atoms with E-state index in [0.29, 0.717) is 12.3 Å². The molecule has 2 rings (SSSR count). The fourth-order valence-electron chi connectivity index (χ4n) is 1.97. The van der Waals surface area contributed by atoms with Crippen molar-refractivity contribution >= 4 is 11.6 Å². The van der Waals surface area contributed by atoms with Gasteiger partial charge in [-0.15, -0.1) is 0 Å². The van der Waals surface area contributed by atoms with E-state index in [1.165, 1.54) is 5.56 Å². The standard InChI is InChI=1S/C17H20N2O2/c1-12-7-8-15(9-13(12)2)19-17(20)11-21-16-6-4-3-5-14(16)10-18/h3-9H,10-11,18H2,1-2H3,(H,19,20). The average Bonchev–Trinajstić information content (AvgIpc) is 2.49. The fraction of sp³-hybridized carbons (Fsp3) is 0.235. The predicted octanol–water partition coefficient (Wildman–Crippen LogP) is 2.78.